The predicted molar refractivity (Wildman–Crippen MR) is 51.2 cm³/mol. The van der Waals surface area contributed by atoms with Gasteiger partial charge in [0.25, 0.3) is 0 Å². The number of carbonyl (C=O) groups excluding carboxylic acids is 2. The van der Waals surface area contributed by atoms with E-state index in [1.165, 1.54) is 6.92 Å². The zero-order valence-corrected chi connectivity index (χ0v) is 8.76. The predicted octanol–water partition coefficient (Wildman–Crippen LogP) is 0.237. The van der Waals surface area contributed by atoms with Crippen LogP contribution in [0.5, 0.6) is 0 Å². The van der Waals surface area contributed by atoms with Crippen molar-refractivity contribution >= 4 is 11.8 Å². The van der Waals surface area contributed by atoms with E-state index in [2.05, 4.69) is 5.32 Å². The number of hydrogen-bond acceptors (Lipinski definition) is 2. The van der Waals surface area contributed by atoms with E-state index in [9.17, 15) is 9.59 Å². The quantitative estimate of drug-likeness (QED) is 0.683. The maximum atomic E-state index is 11.3. The minimum Gasteiger partial charge on any atom is -0.355 e. The molecule has 0 spiro atoms. The molecule has 0 bridgehead atoms. The van der Waals surface area contributed by atoms with Crippen molar-refractivity contribution in [2.24, 2.45) is 5.92 Å². The highest BCUT2D eigenvalue weighted by molar-refractivity contribution is 5.78. The third kappa shape index (κ3) is 5.22. The molecular weight excluding hydrogens is 168 g/mol. The van der Waals surface area contributed by atoms with Gasteiger partial charge in [-0.3, -0.25) is 9.59 Å². The molecule has 13 heavy (non-hydrogen) atoms. The Labute approximate surface area is 79.3 Å². The van der Waals surface area contributed by atoms with Gasteiger partial charge in [0.05, 0.1) is 0 Å². The summed E-state index contributed by atoms with van der Waals surface area (Å²) in [4.78, 5) is 23.5. The Morgan fingerprint density at radius 2 is 1.92 bits per heavy atom. The molecule has 0 radical (unpaired) electrons. The summed E-state index contributed by atoms with van der Waals surface area (Å²) in [6.45, 7) is 6.26. The lowest BCUT2D eigenvalue weighted by Gasteiger charge is -2.19. The van der Waals surface area contributed by atoms with Crippen LogP contribution in [0.25, 0.3) is 0 Å². The zero-order valence-electron chi connectivity index (χ0n) is 8.76. The molecule has 0 aliphatic carbocycles. The fourth-order valence-corrected chi connectivity index (χ4v) is 0.951. The van der Waals surface area contributed by atoms with E-state index in [4.69, 9.17) is 0 Å². The topological polar surface area (TPSA) is 49.4 Å². The van der Waals surface area contributed by atoms with Crippen LogP contribution in [-0.2, 0) is 9.59 Å². The largest absolute Gasteiger partial charge is 0.355 e. The van der Waals surface area contributed by atoms with Gasteiger partial charge in [-0.2, -0.15) is 0 Å². The second kappa shape index (κ2) is 5.56. The highest BCUT2D eigenvalue weighted by Gasteiger charge is 2.11. The first-order chi connectivity index (χ1) is 5.95. The highest BCUT2D eigenvalue weighted by Crippen LogP contribution is 1.97. The molecule has 0 aromatic heterocycles. The molecular formula is C9H18N2O2. The molecule has 0 aromatic rings. The Balaban J connectivity index is 3.68. The molecule has 0 rings (SSSR count). The first-order valence-corrected chi connectivity index (χ1v) is 4.44. The number of nitrogens with zero attached hydrogens (tertiary/aromatic N) is 1. The summed E-state index contributed by atoms with van der Waals surface area (Å²) < 4.78 is 0. The average molecular weight is 186 g/mol. The lowest BCUT2D eigenvalue weighted by Crippen LogP contribution is -2.37. The van der Waals surface area contributed by atoms with Gasteiger partial charge in [-0.25, -0.2) is 0 Å². The first-order valence-electron chi connectivity index (χ1n) is 4.44. The summed E-state index contributed by atoms with van der Waals surface area (Å²) in [5, 5.41) is 2.64. The molecule has 0 atom stereocenters. The van der Waals surface area contributed by atoms with Crippen LogP contribution < -0.4 is 5.32 Å². The smallest absolute Gasteiger partial charge is 0.224 e. The van der Waals surface area contributed by atoms with Gasteiger partial charge in [-0.15, -0.1) is 0 Å². The van der Waals surface area contributed by atoms with E-state index < -0.39 is 0 Å². The van der Waals surface area contributed by atoms with E-state index in [-0.39, 0.29) is 17.7 Å². The van der Waals surface area contributed by atoms with Crippen LogP contribution in [0.2, 0.25) is 0 Å². The lowest BCUT2D eigenvalue weighted by atomic mass is 10.2. The Hall–Kier alpha value is -1.06. The fraction of sp³-hybridized carbons (Fsp3) is 0.778. The third-order valence-electron chi connectivity index (χ3n) is 1.69. The molecule has 0 aliphatic heterocycles. The van der Waals surface area contributed by atoms with Crippen molar-refractivity contribution < 1.29 is 9.59 Å². The molecule has 76 valence electrons. The number of hydrogen-bond donors (Lipinski definition) is 1. The maximum Gasteiger partial charge on any atom is 0.224 e. The van der Waals surface area contributed by atoms with Crippen molar-refractivity contribution in [2.75, 3.05) is 20.1 Å². The van der Waals surface area contributed by atoms with Gasteiger partial charge in [0.1, 0.15) is 0 Å². The monoisotopic (exact) mass is 186 g/mol. The molecule has 0 aromatic carbocycles. The van der Waals surface area contributed by atoms with Crippen LogP contribution in [0.15, 0.2) is 0 Å². The minimum absolute atomic E-state index is 0.0160. The van der Waals surface area contributed by atoms with Crippen LogP contribution in [0, 0.1) is 5.92 Å². The van der Waals surface area contributed by atoms with Gasteiger partial charge in [0.2, 0.25) is 11.8 Å². The number of rotatable bonds is 4. The van der Waals surface area contributed by atoms with E-state index >= 15 is 0 Å². The van der Waals surface area contributed by atoms with Crippen LogP contribution in [0.4, 0.5) is 0 Å². The van der Waals surface area contributed by atoms with Crippen LogP contribution in [-0.4, -0.2) is 36.9 Å². The molecule has 2 amide bonds. The second-order valence-electron chi connectivity index (χ2n) is 3.40. The van der Waals surface area contributed by atoms with E-state index in [1.807, 2.05) is 13.8 Å². The molecule has 0 saturated carbocycles. The Bertz CT molecular complexity index is 190. The van der Waals surface area contributed by atoms with Crippen molar-refractivity contribution in [3.63, 3.8) is 0 Å². The van der Waals surface area contributed by atoms with E-state index in [0.717, 1.165) is 0 Å². The Morgan fingerprint density at radius 1 is 1.38 bits per heavy atom. The number of amides is 2. The molecule has 4 nitrogen and oxygen atoms in total. The third-order valence-corrected chi connectivity index (χ3v) is 1.69. The van der Waals surface area contributed by atoms with Crippen molar-refractivity contribution in [1.29, 1.82) is 0 Å². The maximum absolute atomic E-state index is 11.3. The molecule has 1 N–H and O–H groups in total. The van der Waals surface area contributed by atoms with Gasteiger partial charge in [0, 0.05) is 33.0 Å². The van der Waals surface area contributed by atoms with E-state index in [0.29, 0.717) is 13.1 Å². The van der Waals surface area contributed by atoms with Crippen LogP contribution in [0.3, 0.4) is 0 Å². The van der Waals surface area contributed by atoms with Crippen LogP contribution in [0.1, 0.15) is 20.8 Å². The highest BCUT2D eigenvalue weighted by atomic mass is 16.2. The van der Waals surface area contributed by atoms with Crippen molar-refractivity contribution in [1.82, 2.24) is 10.2 Å². The SMILES string of the molecule is CC(=O)NCCN(C)C(=O)C(C)C. The summed E-state index contributed by atoms with van der Waals surface area (Å²) >= 11 is 0. The number of carbonyl (C=O) groups is 2. The number of nitrogens with one attached hydrogen (secondary N) is 1. The summed E-state index contributed by atoms with van der Waals surface area (Å²) in [6.07, 6.45) is 0. The van der Waals surface area contributed by atoms with Gasteiger partial charge in [-0.05, 0) is 0 Å². The Morgan fingerprint density at radius 3 is 2.31 bits per heavy atom. The molecule has 0 heterocycles. The summed E-state index contributed by atoms with van der Waals surface area (Å²) in [6, 6.07) is 0. The van der Waals surface area contributed by atoms with Gasteiger partial charge >= 0.3 is 0 Å². The average Bonchev–Trinajstić information content (AvgIpc) is 2.02. The van der Waals surface area contributed by atoms with Crippen molar-refractivity contribution in [3.8, 4) is 0 Å². The Kier molecular flexibility index (Phi) is 5.11. The second-order valence-corrected chi connectivity index (χ2v) is 3.40. The van der Waals surface area contributed by atoms with Crippen molar-refractivity contribution in [2.45, 2.75) is 20.8 Å². The van der Waals surface area contributed by atoms with Gasteiger partial charge < -0.3 is 10.2 Å². The summed E-state index contributed by atoms with van der Waals surface area (Å²) in [7, 11) is 1.74. The molecule has 0 saturated heterocycles. The van der Waals surface area contributed by atoms with E-state index in [1.54, 1.807) is 11.9 Å². The van der Waals surface area contributed by atoms with Crippen LogP contribution >= 0.6 is 0 Å². The lowest BCUT2D eigenvalue weighted by molar-refractivity contribution is -0.133. The van der Waals surface area contributed by atoms with Gasteiger partial charge in [0.15, 0.2) is 0 Å². The summed E-state index contributed by atoms with van der Waals surface area (Å²) in [5.41, 5.74) is 0. The molecule has 4 heteroatoms. The first kappa shape index (κ1) is 11.9. The zero-order chi connectivity index (χ0) is 10.4. The number of likely N-dealkylation sites (N-methyl/N-ethyl adjacent to an activating group) is 1. The normalized spacial score (nSPS) is 9.92. The summed E-state index contributed by atoms with van der Waals surface area (Å²) in [5.74, 6) is 0.0538. The fourth-order valence-electron chi connectivity index (χ4n) is 0.951. The molecule has 0 fully saturated rings. The minimum atomic E-state index is -0.0644. The molecule has 0 aliphatic rings. The standard InChI is InChI=1S/C9H18N2O2/c1-7(2)9(13)11(4)6-5-10-8(3)12/h7H,5-6H2,1-4H3,(H,10,12). The van der Waals surface area contributed by atoms with Crippen molar-refractivity contribution in [3.05, 3.63) is 0 Å². The molecule has 0 unspecified atom stereocenters. The van der Waals surface area contributed by atoms with Gasteiger partial charge in [-0.1, -0.05) is 13.8 Å².